The van der Waals surface area contributed by atoms with E-state index >= 15 is 0 Å². The first-order chi connectivity index (χ1) is 14.5. The molecule has 0 aliphatic rings. The molecule has 0 atom stereocenters. The lowest BCUT2D eigenvalue weighted by Gasteiger charge is -2.18. The van der Waals surface area contributed by atoms with Crippen molar-refractivity contribution in [3.05, 3.63) is 67.8 Å². The maximum Gasteiger partial charge on any atom is 0.295 e. The minimum absolute atomic E-state index is 0.00976. The molecule has 0 unspecified atom stereocenters. The van der Waals surface area contributed by atoms with Crippen LogP contribution in [0.15, 0.2) is 46.4 Å². The van der Waals surface area contributed by atoms with Crippen LogP contribution in [0.3, 0.4) is 0 Å². The van der Waals surface area contributed by atoms with Crippen molar-refractivity contribution < 1.29 is 18.3 Å². The van der Waals surface area contributed by atoms with Gasteiger partial charge >= 0.3 is 0 Å². The number of aryl methyl sites for hydroxylation is 1. The van der Waals surface area contributed by atoms with Gasteiger partial charge in [-0.15, -0.1) is 0 Å². The highest BCUT2D eigenvalue weighted by atomic mass is 32.2. The number of nitro benzene ring substituents is 2. The van der Waals surface area contributed by atoms with Gasteiger partial charge in [0.15, 0.2) is 0 Å². The number of nitrogens with one attached hydrogen (secondary N) is 1. The van der Waals surface area contributed by atoms with Crippen LogP contribution < -0.4 is 5.43 Å². The van der Waals surface area contributed by atoms with E-state index < -0.39 is 25.6 Å². The van der Waals surface area contributed by atoms with E-state index in [-0.39, 0.29) is 29.4 Å². The Kier molecular flexibility index (Phi) is 7.41. The number of hydrogen-bond acceptors (Lipinski definition) is 8. The fourth-order valence-electron chi connectivity index (χ4n) is 2.87. The van der Waals surface area contributed by atoms with Gasteiger partial charge < -0.3 is 0 Å². The number of nitro groups is 2. The lowest BCUT2D eigenvalue weighted by Crippen LogP contribution is -2.30. The maximum absolute atomic E-state index is 12.6. The van der Waals surface area contributed by atoms with E-state index in [4.69, 9.17) is 0 Å². The van der Waals surface area contributed by atoms with Crippen molar-refractivity contribution in [3.63, 3.8) is 0 Å². The maximum atomic E-state index is 12.6. The summed E-state index contributed by atoms with van der Waals surface area (Å²) in [6, 6.07) is 8.12. The molecule has 0 saturated heterocycles. The SMILES string of the molecule is CCN(CC)S(=O)(=O)c1ccc(NN=C(C)c2ccc(C)c([N+](=O)[O-])c2)c([N+](=O)[O-])c1. The quantitative estimate of drug-likeness (QED) is 0.349. The highest BCUT2D eigenvalue weighted by Gasteiger charge is 2.25. The van der Waals surface area contributed by atoms with E-state index in [1.807, 2.05) is 0 Å². The third-order valence-corrected chi connectivity index (χ3v) is 6.72. The van der Waals surface area contributed by atoms with E-state index in [2.05, 4.69) is 10.5 Å². The predicted octanol–water partition coefficient (Wildman–Crippen LogP) is 3.68. The van der Waals surface area contributed by atoms with Gasteiger partial charge in [-0.25, -0.2) is 8.42 Å². The van der Waals surface area contributed by atoms with E-state index in [9.17, 15) is 28.6 Å². The minimum Gasteiger partial charge on any atom is -0.271 e. The smallest absolute Gasteiger partial charge is 0.271 e. The van der Waals surface area contributed by atoms with Crippen LogP contribution in [0.2, 0.25) is 0 Å². The Balaban J connectivity index is 2.41. The zero-order valence-electron chi connectivity index (χ0n) is 17.5. The largest absolute Gasteiger partial charge is 0.295 e. The average molecular weight is 449 g/mol. The number of benzene rings is 2. The summed E-state index contributed by atoms with van der Waals surface area (Å²) in [6.07, 6.45) is 0. The van der Waals surface area contributed by atoms with Crippen molar-refractivity contribution >= 4 is 32.8 Å². The molecule has 1 N–H and O–H groups in total. The molecule has 12 heteroatoms. The van der Waals surface area contributed by atoms with Gasteiger partial charge in [0, 0.05) is 36.3 Å². The third kappa shape index (κ3) is 5.22. The molecule has 0 saturated carbocycles. The minimum atomic E-state index is -3.86. The molecule has 0 aliphatic heterocycles. The normalized spacial score (nSPS) is 12.1. The average Bonchev–Trinajstić information content (AvgIpc) is 2.72. The molecule has 0 heterocycles. The molecule has 31 heavy (non-hydrogen) atoms. The summed E-state index contributed by atoms with van der Waals surface area (Å²) in [5, 5.41) is 26.7. The van der Waals surface area contributed by atoms with Gasteiger partial charge in [-0.05, 0) is 26.0 Å². The van der Waals surface area contributed by atoms with Gasteiger partial charge in [0.2, 0.25) is 10.0 Å². The van der Waals surface area contributed by atoms with Crippen molar-refractivity contribution in [3.8, 4) is 0 Å². The van der Waals surface area contributed by atoms with Gasteiger partial charge in [0.25, 0.3) is 11.4 Å². The summed E-state index contributed by atoms with van der Waals surface area (Å²) in [7, 11) is -3.86. The number of anilines is 1. The van der Waals surface area contributed by atoms with E-state index in [0.717, 1.165) is 6.07 Å². The lowest BCUT2D eigenvalue weighted by atomic mass is 10.1. The summed E-state index contributed by atoms with van der Waals surface area (Å²) in [4.78, 5) is 21.2. The Morgan fingerprint density at radius 1 is 1.03 bits per heavy atom. The van der Waals surface area contributed by atoms with Crippen molar-refractivity contribution in [2.24, 2.45) is 5.10 Å². The molecule has 0 aromatic heterocycles. The van der Waals surface area contributed by atoms with Gasteiger partial charge in [-0.1, -0.05) is 26.0 Å². The van der Waals surface area contributed by atoms with Crippen LogP contribution >= 0.6 is 0 Å². The number of hydrogen-bond donors (Lipinski definition) is 1. The molecule has 0 bridgehead atoms. The second-order valence-electron chi connectivity index (χ2n) is 6.59. The van der Waals surface area contributed by atoms with Crippen LogP contribution in [0, 0.1) is 27.2 Å². The fourth-order valence-corrected chi connectivity index (χ4v) is 4.35. The van der Waals surface area contributed by atoms with Crippen molar-refractivity contribution in [1.82, 2.24) is 4.31 Å². The lowest BCUT2D eigenvalue weighted by molar-refractivity contribution is -0.385. The Labute approximate surface area is 179 Å². The highest BCUT2D eigenvalue weighted by Crippen LogP contribution is 2.29. The van der Waals surface area contributed by atoms with Gasteiger partial charge in [-0.2, -0.15) is 9.41 Å². The monoisotopic (exact) mass is 449 g/mol. The Morgan fingerprint density at radius 3 is 2.19 bits per heavy atom. The second-order valence-corrected chi connectivity index (χ2v) is 8.53. The standard InChI is InChI=1S/C19H23N5O6S/c1-5-22(6-2)31(29,30)16-9-10-17(19(12-16)24(27)28)21-20-14(4)15-8-7-13(3)18(11-15)23(25)26/h7-12,21H,5-6H2,1-4H3. The summed E-state index contributed by atoms with van der Waals surface area (Å²) >= 11 is 0. The fraction of sp³-hybridized carbons (Fsp3) is 0.316. The van der Waals surface area contributed by atoms with Gasteiger partial charge in [0.05, 0.1) is 20.5 Å². The topological polar surface area (TPSA) is 148 Å². The zero-order chi connectivity index (χ0) is 23.3. The summed E-state index contributed by atoms with van der Waals surface area (Å²) in [5.74, 6) is 0. The number of hydrazone groups is 1. The summed E-state index contributed by atoms with van der Waals surface area (Å²) < 4.78 is 26.5. The zero-order valence-corrected chi connectivity index (χ0v) is 18.3. The van der Waals surface area contributed by atoms with Crippen LogP contribution in [0.4, 0.5) is 17.1 Å². The number of sulfonamides is 1. The predicted molar refractivity (Wildman–Crippen MR) is 117 cm³/mol. The number of nitrogens with zero attached hydrogens (tertiary/aromatic N) is 4. The first-order valence-corrected chi connectivity index (χ1v) is 10.8. The molecule has 0 spiro atoms. The molecule has 2 rings (SSSR count). The molecule has 0 radical (unpaired) electrons. The van der Waals surface area contributed by atoms with E-state index in [1.165, 1.54) is 22.5 Å². The van der Waals surface area contributed by atoms with Crippen molar-refractivity contribution in [2.75, 3.05) is 18.5 Å². The first-order valence-electron chi connectivity index (χ1n) is 9.37. The summed E-state index contributed by atoms with van der Waals surface area (Å²) in [6.45, 7) is 7.03. The van der Waals surface area contributed by atoms with Crippen molar-refractivity contribution in [1.29, 1.82) is 0 Å². The van der Waals surface area contributed by atoms with Crippen LogP contribution in [0.25, 0.3) is 0 Å². The van der Waals surface area contributed by atoms with E-state index in [1.54, 1.807) is 39.8 Å². The molecule has 2 aromatic rings. The van der Waals surface area contributed by atoms with Crippen LogP contribution in [0.1, 0.15) is 31.9 Å². The Bertz CT molecular complexity index is 1140. The van der Waals surface area contributed by atoms with Crippen molar-refractivity contribution in [2.45, 2.75) is 32.6 Å². The molecule has 166 valence electrons. The molecule has 0 fully saturated rings. The van der Waals surface area contributed by atoms with E-state index in [0.29, 0.717) is 16.8 Å². The second kappa shape index (κ2) is 9.62. The molecular weight excluding hydrogens is 426 g/mol. The van der Waals surface area contributed by atoms with Crippen LogP contribution in [0.5, 0.6) is 0 Å². The Morgan fingerprint density at radius 2 is 1.65 bits per heavy atom. The van der Waals surface area contributed by atoms with Crippen LogP contribution in [-0.2, 0) is 10.0 Å². The molecule has 2 aromatic carbocycles. The molecule has 11 nitrogen and oxygen atoms in total. The molecule has 0 aliphatic carbocycles. The summed E-state index contributed by atoms with van der Waals surface area (Å²) in [5.41, 5.74) is 3.35. The molecular formula is C19H23N5O6S. The first kappa shape index (κ1) is 23.9. The highest BCUT2D eigenvalue weighted by molar-refractivity contribution is 7.89. The Hall–Kier alpha value is -3.38. The third-order valence-electron chi connectivity index (χ3n) is 4.68. The van der Waals surface area contributed by atoms with Gasteiger partial charge in [0.1, 0.15) is 5.69 Å². The molecule has 0 amide bonds. The van der Waals surface area contributed by atoms with Gasteiger partial charge in [-0.3, -0.25) is 25.7 Å². The van der Waals surface area contributed by atoms with Crippen LogP contribution in [-0.4, -0.2) is 41.4 Å². The number of rotatable bonds is 9.